The van der Waals surface area contributed by atoms with Crippen molar-refractivity contribution in [1.82, 2.24) is 0 Å². The molecule has 1 atom stereocenters. The molecule has 1 rings (SSSR count). The van der Waals surface area contributed by atoms with Crippen LogP contribution in [0.15, 0.2) is 16.7 Å². The van der Waals surface area contributed by atoms with Gasteiger partial charge in [-0.1, -0.05) is 34.6 Å². The first-order valence-corrected chi connectivity index (χ1v) is 5.37. The molecular weight excluding hydrogens is 172 g/mol. The van der Waals surface area contributed by atoms with E-state index < -0.39 is 0 Å². The Balaban J connectivity index is 3.01. The molecule has 0 fully saturated rings. The third-order valence-corrected chi connectivity index (χ3v) is 2.66. The van der Waals surface area contributed by atoms with Crippen molar-refractivity contribution in [3.63, 3.8) is 0 Å². The van der Waals surface area contributed by atoms with E-state index in [0.29, 0.717) is 11.8 Å². The van der Waals surface area contributed by atoms with Gasteiger partial charge in [0.05, 0.1) is 6.26 Å². The van der Waals surface area contributed by atoms with Crippen LogP contribution in [-0.2, 0) is 0 Å². The second kappa shape index (κ2) is 3.80. The molecule has 0 radical (unpaired) electrons. The SMILES string of the molecule is Cc1coc([C@H](C(C)C)C(C)(C)C)c1. The molecule has 14 heavy (non-hydrogen) atoms. The van der Waals surface area contributed by atoms with Crippen LogP contribution in [0, 0.1) is 18.3 Å². The van der Waals surface area contributed by atoms with E-state index in [1.807, 2.05) is 6.26 Å². The Morgan fingerprint density at radius 1 is 1.21 bits per heavy atom. The van der Waals surface area contributed by atoms with Crippen molar-refractivity contribution in [2.75, 3.05) is 0 Å². The Kier molecular flexibility index (Phi) is 3.08. The summed E-state index contributed by atoms with van der Waals surface area (Å²) >= 11 is 0. The highest BCUT2D eigenvalue weighted by Gasteiger charge is 2.31. The lowest BCUT2D eigenvalue weighted by Crippen LogP contribution is -2.22. The Labute approximate surface area is 87.5 Å². The maximum Gasteiger partial charge on any atom is 0.107 e. The van der Waals surface area contributed by atoms with Crippen molar-refractivity contribution in [2.24, 2.45) is 11.3 Å². The lowest BCUT2D eigenvalue weighted by atomic mass is 9.73. The zero-order valence-electron chi connectivity index (χ0n) is 10.2. The van der Waals surface area contributed by atoms with Crippen LogP contribution in [-0.4, -0.2) is 0 Å². The molecule has 80 valence electrons. The van der Waals surface area contributed by atoms with Crippen molar-refractivity contribution in [1.29, 1.82) is 0 Å². The summed E-state index contributed by atoms with van der Waals surface area (Å²) in [5.41, 5.74) is 1.48. The van der Waals surface area contributed by atoms with Crippen LogP contribution in [0.4, 0.5) is 0 Å². The van der Waals surface area contributed by atoms with Gasteiger partial charge in [0.2, 0.25) is 0 Å². The summed E-state index contributed by atoms with van der Waals surface area (Å²) < 4.78 is 5.61. The van der Waals surface area contributed by atoms with Gasteiger partial charge in [-0.05, 0) is 29.9 Å². The van der Waals surface area contributed by atoms with Crippen molar-refractivity contribution in [3.8, 4) is 0 Å². The molecule has 0 saturated carbocycles. The molecule has 1 aromatic heterocycles. The maximum absolute atomic E-state index is 5.61. The van der Waals surface area contributed by atoms with E-state index in [-0.39, 0.29) is 5.41 Å². The summed E-state index contributed by atoms with van der Waals surface area (Å²) in [6, 6.07) is 2.16. The second-order valence-corrected chi connectivity index (χ2v) is 5.61. The fraction of sp³-hybridized carbons (Fsp3) is 0.692. The zero-order chi connectivity index (χ0) is 10.9. The highest BCUT2D eigenvalue weighted by molar-refractivity contribution is 5.16. The van der Waals surface area contributed by atoms with Crippen molar-refractivity contribution >= 4 is 0 Å². The van der Waals surface area contributed by atoms with Crippen LogP contribution in [0.3, 0.4) is 0 Å². The van der Waals surface area contributed by atoms with Gasteiger partial charge in [-0.2, -0.15) is 0 Å². The fourth-order valence-corrected chi connectivity index (χ4v) is 2.37. The third kappa shape index (κ3) is 2.40. The number of aryl methyl sites for hydroxylation is 1. The highest BCUT2D eigenvalue weighted by Crippen LogP contribution is 2.41. The first kappa shape index (κ1) is 11.4. The molecule has 1 aromatic rings. The quantitative estimate of drug-likeness (QED) is 0.681. The Hall–Kier alpha value is -0.720. The summed E-state index contributed by atoms with van der Waals surface area (Å²) in [4.78, 5) is 0. The van der Waals surface area contributed by atoms with Gasteiger partial charge < -0.3 is 4.42 Å². The maximum atomic E-state index is 5.61. The van der Waals surface area contributed by atoms with Gasteiger partial charge in [-0.25, -0.2) is 0 Å². The molecule has 1 nitrogen and oxygen atoms in total. The van der Waals surface area contributed by atoms with Crippen molar-refractivity contribution < 1.29 is 4.42 Å². The Morgan fingerprint density at radius 2 is 1.79 bits per heavy atom. The van der Waals surface area contributed by atoms with Crippen LogP contribution in [0.1, 0.15) is 51.9 Å². The van der Waals surface area contributed by atoms with Crippen LogP contribution in [0.2, 0.25) is 0 Å². The number of rotatable bonds is 2. The zero-order valence-corrected chi connectivity index (χ0v) is 10.2. The molecule has 0 aliphatic rings. The number of hydrogen-bond acceptors (Lipinski definition) is 1. The minimum absolute atomic E-state index is 0.262. The Bertz CT molecular complexity index is 288. The predicted molar refractivity (Wildman–Crippen MR) is 60.5 cm³/mol. The first-order valence-electron chi connectivity index (χ1n) is 5.37. The molecule has 0 saturated heterocycles. The standard InChI is InChI=1S/C13H22O/c1-9(2)12(13(4,5)6)11-7-10(3)8-14-11/h7-9,12H,1-6H3/t12-/m0/s1. The molecular formula is C13H22O. The van der Waals surface area contributed by atoms with E-state index in [0.717, 1.165) is 5.76 Å². The van der Waals surface area contributed by atoms with E-state index in [2.05, 4.69) is 47.6 Å². The van der Waals surface area contributed by atoms with Gasteiger partial charge in [0, 0.05) is 5.92 Å². The molecule has 0 aliphatic heterocycles. The lowest BCUT2D eigenvalue weighted by molar-refractivity contribution is 0.224. The average molecular weight is 194 g/mol. The lowest BCUT2D eigenvalue weighted by Gasteiger charge is -2.32. The van der Waals surface area contributed by atoms with Crippen LogP contribution in [0.25, 0.3) is 0 Å². The molecule has 0 bridgehead atoms. The van der Waals surface area contributed by atoms with Crippen LogP contribution >= 0.6 is 0 Å². The van der Waals surface area contributed by atoms with E-state index in [9.17, 15) is 0 Å². The average Bonchev–Trinajstić information content (AvgIpc) is 2.31. The van der Waals surface area contributed by atoms with Crippen molar-refractivity contribution in [3.05, 3.63) is 23.7 Å². The number of furan rings is 1. The topological polar surface area (TPSA) is 13.1 Å². The number of hydrogen-bond donors (Lipinski definition) is 0. The minimum Gasteiger partial charge on any atom is -0.469 e. The normalized spacial score (nSPS) is 14.8. The second-order valence-electron chi connectivity index (χ2n) is 5.61. The summed E-state index contributed by atoms with van der Waals surface area (Å²) in [6.45, 7) is 13.4. The van der Waals surface area contributed by atoms with Gasteiger partial charge in [0.15, 0.2) is 0 Å². The van der Waals surface area contributed by atoms with Crippen LogP contribution in [0.5, 0.6) is 0 Å². The van der Waals surface area contributed by atoms with Crippen molar-refractivity contribution in [2.45, 2.75) is 47.5 Å². The Morgan fingerprint density at radius 3 is 2.07 bits per heavy atom. The molecule has 0 N–H and O–H groups in total. The van der Waals surface area contributed by atoms with E-state index in [1.165, 1.54) is 5.56 Å². The van der Waals surface area contributed by atoms with E-state index in [1.54, 1.807) is 0 Å². The van der Waals surface area contributed by atoms with E-state index >= 15 is 0 Å². The van der Waals surface area contributed by atoms with Gasteiger partial charge in [-0.15, -0.1) is 0 Å². The first-order chi connectivity index (χ1) is 6.32. The summed E-state index contributed by atoms with van der Waals surface area (Å²) in [6.07, 6.45) is 1.84. The monoisotopic (exact) mass is 194 g/mol. The molecule has 0 spiro atoms. The molecule has 0 unspecified atom stereocenters. The molecule has 0 aromatic carbocycles. The summed E-state index contributed by atoms with van der Waals surface area (Å²) in [7, 11) is 0. The van der Waals surface area contributed by atoms with Gasteiger partial charge in [0.25, 0.3) is 0 Å². The molecule has 1 heteroatoms. The molecule has 0 aliphatic carbocycles. The summed E-state index contributed by atoms with van der Waals surface area (Å²) in [5.74, 6) is 2.24. The highest BCUT2D eigenvalue weighted by atomic mass is 16.3. The smallest absolute Gasteiger partial charge is 0.107 e. The van der Waals surface area contributed by atoms with E-state index in [4.69, 9.17) is 4.42 Å². The molecule has 0 amide bonds. The van der Waals surface area contributed by atoms with Crippen LogP contribution < -0.4 is 0 Å². The van der Waals surface area contributed by atoms with Gasteiger partial charge in [-0.3, -0.25) is 0 Å². The predicted octanol–water partition coefficient (Wildman–Crippen LogP) is 4.37. The molecule has 1 heterocycles. The summed E-state index contributed by atoms with van der Waals surface area (Å²) in [5, 5.41) is 0. The van der Waals surface area contributed by atoms with Gasteiger partial charge in [0.1, 0.15) is 5.76 Å². The largest absolute Gasteiger partial charge is 0.469 e. The minimum atomic E-state index is 0.262. The fourth-order valence-electron chi connectivity index (χ4n) is 2.37. The van der Waals surface area contributed by atoms with Gasteiger partial charge >= 0.3 is 0 Å². The third-order valence-electron chi connectivity index (χ3n) is 2.66.